The van der Waals surface area contributed by atoms with Crippen LogP contribution in [0.4, 0.5) is 11.4 Å². The first kappa shape index (κ1) is 11.9. The van der Waals surface area contributed by atoms with E-state index >= 15 is 0 Å². The molecular formula is C12H9N5O3. The summed E-state index contributed by atoms with van der Waals surface area (Å²) in [5, 5.41) is 22.5. The molecule has 0 bridgehead atoms. The number of fused-ring (bicyclic) bond motifs is 1. The largest absolute Gasteiger partial charge is 0.494 e. The molecule has 0 radical (unpaired) electrons. The molecule has 0 saturated heterocycles. The number of carbonyl (C=O) groups excluding carboxylic acids is 1. The van der Waals surface area contributed by atoms with E-state index in [2.05, 4.69) is 15.0 Å². The van der Waals surface area contributed by atoms with E-state index in [9.17, 15) is 15.0 Å². The lowest BCUT2D eigenvalue weighted by molar-refractivity contribution is 0.0996. The summed E-state index contributed by atoms with van der Waals surface area (Å²) in [6.07, 6.45) is 0. The number of hydrogen-bond acceptors (Lipinski definition) is 4. The summed E-state index contributed by atoms with van der Waals surface area (Å²) in [6, 6.07) is 6.12. The highest BCUT2D eigenvalue weighted by molar-refractivity contribution is 6.11. The van der Waals surface area contributed by atoms with Gasteiger partial charge in [-0.1, -0.05) is 17.2 Å². The molecule has 0 aliphatic carbocycles. The minimum absolute atomic E-state index is 0.161. The fourth-order valence-corrected chi connectivity index (χ4v) is 2.28. The zero-order valence-electron chi connectivity index (χ0n) is 10.1. The van der Waals surface area contributed by atoms with Crippen LogP contribution >= 0.6 is 0 Å². The van der Waals surface area contributed by atoms with Gasteiger partial charge in [0.2, 0.25) is 5.88 Å². The van der Waals surface area contributed by atoms with Crippen LogP contribution in [0.3, 0.4) is 0 Å². The van der Waals surface area contributed by atoms with Crippen molar-refractivity contribution in [2.75, 3.05) is 4.90 Å². The normalized spacial score (nSPS) is 13.2. The lowest BCUT2D eigenvalue weighted by Gasteiger charge is -2.13. The van der Waals surface area contributed by atoms with Crippen LogP contribution in [0.2, 0.25) is 0 Å². The second-order valence-electron chi connectivity index (χ2n) is 4.27. The van der Waals surface area contributed by atoms with E-state index in [4.69, 9.17) is 5.53 Å². The third-order valence-corrected chi connectivity index (χ3v) is 3.15. The van der Waals surface area contributed by atoms with Gasteiger partial charge in [0, 0.05) is 22.2 Å². The van der Waals surface area contributed by atoms with E-state index in [1.54, 1.807) is 18.2 Å². The quantitative estimate of drug-likeness (QED) is 0.441. The molecule has 0 spiro atoms. The average molecular weight is 271 g/mol. The molecule has 100 valence electrons. The minimum Gasteiger partial charge on any atom is -0.494 e. The maximum atomic E-state index is 12.3. The Bertz CT molecular complexity index is 760. The first-order valence-electron chi connectivity index (χ1n) is 5.71. The fourth-order valence-electron chi connectivity index (χ4n) is 2.28. The van der Waals surface area contributed by atoms with Crippen LogP contribution in [0.5, 0.6) is 11.8 Å². The van der Waals surface area contributed by atoms with Crippen LogP contribution in [0.15, 0.2) is 29.4 Å². The van der Waals surface area contributed by atoms with Crippen LogP contribution in [-0.4, -0.2) is 21.1 Å². The van der Waals surface area contributed by atoms with Crippen molar-refractivity contribution >= 4 is 17.3 Å². The molecular weight excluding hydrogens is 262 g/mol. The average Bonchev–Trinajstić information content (AvgIpc) is 2.91. The Kier molecular flexibility index (Phi) is 2.52. The lowest BCUT2D eigenvalue weighted by atomic mass is 10.1. The summed E-state index contributed by atoms with van der Waals surface area (Å²) in [7, 11) is 0. The SMILES string of the molecule is [N-]=[N+]=Nc1cccc2c1CN(c1cc(O)[nH]c1O)C2=O. The molecule has 2 aromatic rings. The number of hydrogen-bond donors (Lipinski definition) is 3. The molecule has 0 saturated carbocycles. The second kappa shape index (κ2) is 4.22. The number of rotatable bonds is 2. The predicted octanol–water partition coefficient (Wildman–Crippen LogP) is 2.53. The number of carbonyl (C=O) groups is 1. The van der Waals surface area contributed by atoms with Crippen molar-refractivity contribution in [3.8, 4) is 11.8 Å². The number of amides is 1. The molecule has 1 aliphatic rings. The van der Waals surface area contributed by atoms with E-state index in [0.717, 1.165) is 0 Å². The van der Waals surface area contributed by atoms with Gasteiger partial charge in [0.15, 0.2) is 5.88 Å². The van der Waals surface area contributed by atoms with Gasteiger partial charge in [-0.15, -0.1) is 0 Å². The Labute approximate surface area is 112 Å². The molecule has 1 aromatic carbocycles. The number of nitrogens with one attached hydrogen (secondary N) is 1. The number of nitrogens with zero attached hydrogens (tertiary/aromatic N) is 4. The van der Waals surface area contributed by atoms with Gasteiger partial charge >= 0.3 is 0 Å². The van der Waals surface area contributed by atoms with Crippen LogP contribution in [0.25, 0.3) is 10.4 Å². The third kappa shape index (κ3) is 1.63. The highest BCUT2D eigenvalue weighted by Gasteiger charge is 2.32. The van der Waals surface area contributed by atoms with Gasteiger partial charge in [-0.25, -0.2) is 0 Å². The number of aromatic hydroxyl groups is 2. The molecule has 0 atom stereocenters. The monoisotopic (exact) mass is 271 g/mol. The van der Waals surface area contributed by atoms with Gasteiger partial charge in [0.05, 0.1) is 6.54 Å². The lowest BCUT2D eigenvalue weighted by Crippen LogP contribution is -2.22. The van der Waals surface area contributed by atoms with Crippen molar-refractivity contribution in [2.24, 2.45) is 5.11 Å². The summed E-state index contributed by atoms with van der Waals surface area (Å²) in [6.45, 7) is 0.161. The second-order valence-corrected chi connectivity index (χ2v) is 4.27. The Morgan fingerprint density at radius 1 is 1.40 bits per heavy atom. The van der Waals surface area contributed by atoms with Gasteiger partial charge in [-0.05, 0) is 17.2 Å². The molecule has 0 fully saturated rings. The summed E-state index contributed by atoms with van der Waals surface area (Å²) < 4.78 is 0. The topological polar surface area (TPSA) is 125 Å². The van der Waals surface area contributed by atoms with Crippen molar-refractivity contribution in [2.45, 2.75) is 6.54 Å². The molecule has 1 aromatic heterocycles. The van der Waals surface area contributed by atoms with Gasteiger partial charge in [0.1, 0.15) is 5.69 Å². The Morgan fingerprint density at radius 2 is 2.20 bits per heavy atom. The zero-order valence-corrected chi connectivity index (χ0v) is 10.1. The number of aromatic amines is 1. The maximum absolute atomic E-state index is 12.3. The van der Waals surface area contributed by atoms with Gasteiger partial charge in [-0.2, -0.15) is 0 Å². The van der Waals surface area contributed by atoms with Crippen LogP contribution in [0.1, 0.15) is 15.9 Å². The number of aromatic nitrogens is 1. The van der Waals surface area contributed by atoms with Crippen molar-refractivity contribution in [3.63, 3.8) is 0 Å². The van der Waals surface area contributed by atoms with Crippen molar-refractivity contribution in [1.82, 2.24) is 4.98 Å². The zero-order chi connectivity index (χ0) is 14.3. The van der Waals surface area contributed by atoms with Gasteiger partial charge in [-0.3, -0.25) is 14.7 Å². The van der Waals surface area contributed by atoms with Gasteiger partial charge < -0.3 is 10.2 Å². The molecule has 20 heavy (non-hydrogen) atoms. The molecule has 8 heteroatoms. The molecule has 2 heterocycles. The number of anilines is 1. The maximum Gasteiger partial charge on any atom is 0.259 e. The number of azide groups is 1. The van der Waals surface area contributed by atoms with Crippen molar-refractivity contribution in [1.29, 1.82) is 0 Å². The number of benzene rings is 1. The molecule has 8 nitrogen and oxygen atoms in total. The van der Waals surface area contributed by atoms with Crippen molar-refractivity contribution < 1.29 is 15.0 Å². The highest BCUT2D eigenvalue weighted by Crippen LogP contribution is 2.39. The standard InChI is InChI=1S/C12H9N5O3/c13-16-15-8-3-1-2-6-7(8)5-17(12(6)20)9-4-10(18)14-11(9)19/h1-4,14,18-19H,5H2. The summed E-state index contributed by atoms with van der Waals surface area (Å²) in [4.78, 5) is 18.6. The smallest absolute Gasteiger partial charge is 0.259 e. The molecule has 3 rings (SSSR count). The van der Waals surface area contributed by atoms with E-state index in [-0.39, 0.29) is 29.9 Å². The van der Waals surface area contributed by atoms with Crippen molar-refractivity contribution in [3.05, 3.63) is 45.8 Å². The first-order valence-corrected chi connectivity index (χ1v) is 5.71. The van der Waals surface area contributed by atoms with E-state index < -0.39 is 0 Å². The van der Waals surface area contributed by atoms with E-state index in [0.29, 0.717) is 16.8 Å². The summed E-state index contributed by atoms with van der Waals surface area (Å²) >= 11 is 0. The molecule has 0 unspecified atom stereocenters. The molecule has 3 N–H and O–H groups in total. The van der Waals surface area contributed by atoms with Gasteiger partial charge in [0.25, 0.3) is 5.91 Å². The predicted molar refractivity (Wildman–Crippen MR) is 69.9 cm³/mol. The summed E-state index contributed by atoms with van der Waals surface area (Å²) in [5.41, 5.74) is 10.1. The third-order valence-electron chi connectivity index (χ3n) is 3.15. The minimum atomic E-state index is -0.329. The molecule has 1 amide bonds. The van der Waals surface area contributed by atoms with Crippen LogP contribution in [0, 0.1) is 0 Å². The Morgan fingerprint density at radius 3 is 2.85 bits per heavy atom. The van der Waals surface area contributed by atoms with E-state index in [1.165, 1.54) is 11.0 Å². The van der Waals surface area contributed by atoms with Crippen LogP contribution in [-0.2, 0) is 6.54 Å². The first-order chi connectivity index (χ1) is 9.61. The van der Waals surface area contributed by atoms with E-state index in [1.807, 2.05) is 0 Å². The number of H-pyrrole nitrogens is 1. The summed E-state index contributed by atoms with van der Waals surface area (Å²) in [5.74, 6) is -0.866. The Hall–Kier alpha value is -3.12. The Balaban J connectivity index is 2.09. The van der Waals surface area contributed by atoms with Crippen LogP contribution < -0.4 is 4.90 Å². The highest BCUT2D eigenvalue weighted by atomic mass is 16.3. The molecule has 1 aliphatic heterocycles. The fraction of sp³-hybridized carbons (Fsp3) is 0.0833.